The molecule has 0 heterocycles. The molecule has 100 valence electrons. The maximum atomic E-state index is 2.52. The zero-order chi connectivity index (χ0) is 13.1. The highest BCUT2D eigenvalue weighted by Crippen LogP contribution is 2.54. The molecule has 1 aliphatic rings. The molecule has 1 saturated carbocycles. The summed E-state index contributed by atoms with van der Waals surface area (Å²) in [6.45, 7) is 5.03. The van der Waals surface area contributed by atoms with Gasteiger partial charge in [0.15, 0.2) is 0 Å². The molecule has 0 spiro atoms. The van der Waals surface area contributed by atoms with Crippen molar-refractivity contribution in [3.63, 3.8) is 0 Å². The molecule has 1 unspecified atom stereocenters. The van der Waals surface area contributed by atoms with Crippen LogP contribution in [0.3, 0.4) is 0 Å². The summed E-state index contributed by atoms with van der Waals surface area (Å²) in [5.74, 6) is 1.26. The van der Waals surface area contributed by atoms with Crippen molar-refractivity contribution in [1.29, 1.82) is 0 Å². The van der Waals surface area contributed by atoms with E-state index in [-0.39, 0.29) is 0 Å². The maximum Gasteiger partial charge on any atom is -0.00137 e. The fraction of sp³-hybridized carbons (Fsp3) is 0.647. The van der Waals surface area contributed by atoms with Crippen molar-refractivity contribution < 1.29 is 0 Å². The minimum Gasteiger partial charge on any atom is -0.165 e. The Bertz CT molecular complexity index is 364. The molecule has 2 rings (SSSR count). The Kier molecular flexibility index (Phi) is 4.42. The van der Waals surface area contributed by atoms with Gasteiger partial charge in [-0.1, -0.05) is 57.0 Å². The summed E-state index contributed by atoms with van der Waals surface area (Å²) in [4.78, 5) is 0. The van der Waals surface area contributed by atoms with Gasteiger partial charge in [-0.2, -0.15) is 11.8 Å². The second-order valence-electron chi connectivity index (χ2n) is 6.21. The molecule has 0 aromatic heterocycles. The predicted molar refractivity (Wildman–Crippen MR) is 83.4 cm³/mol. The van der Waals surface area contributed by atoms with Gasteiger partial charge in [0.25, 0.3) is 0 Å². The first-order valence-corrected chi connectivity index (χ1v) is 8.56. The van der Waals surface area contributed by atoms with Crippen molar-refractivity contribution in [1.82, 2.24) is 0 Å². The Labute approximate surface area is 117 Å². The van der Waals surface area contributed by atoms with Crippen LogP contribution in [0.2, 0.25) is 0 Å². The number of hydrogen-bond acceptors (Lipinski definition) is 1. The number of benzene rings is 1. The molecule has 0 saturated heterocycles. The van der Waals surface area contributed by atoms with Crippen LogP contribution in [0.25, 0.3) is 0 Å². The molecule has 1 atom stereocenters. The zero-order valence-electron chi connectivity index (χ0n) is 12.0. The van der Waals surface area contributed by atoms with Gasteiger partial charge in [-0.3, -0.25) is 0 Å². The molecular formula is C17H26S. The second-order valence-corrected chi connectivity index (χ2v) is 7.19. The van der Waals surface area contributed by atoms with E-state index in [1.165, 1.54) is 37.9 Å². The molecule has 0 radical (unpaired) electrons. The quantitative estimate of drug-likeness (QED) is 0.696. The average molecular weight is 262 g/mol. The molecule has 0 aliphatic heterocycles. The molecule has 0 bridgehead atoms. The van der Waals surface area contributed by atoms with E-state index in [2.05, 4.69) is 50.4 Å². The zero-order valence-corrected chi connectivity index (χ0v) is 12.9. The van der Waals surface area contributed by atoms with Crippen LogP contribution in [0.1, 0.15) is 51.5 Å². The summed E-state index contributed by atoms with van der Waals surface area (Å²) in [6, 6.07) is 11.2. The Morgan fingerprint density at radius 1 is 1.17 bits per heavy atom. The van der Waals surface area contributed by atoms with Gasteiger partial charge in [0.05, 0.1) is 0 Å². The fourth-order valence-corrected chi connectivity index (χ4v) is 4.23. The third-order valence-corrected chi connectivity index (χ3v) is 5.87. The lowest BCUT2D eigenvalue weighted by atomic mass is 9.59. The van der Waals surface area contributed by atoms with Crippen molar-refractivity contribution in [2.24, 2.45) is 5.41 Å². The lowest BCUT2D eigenvalue weighted by molar-refractivity contribution is 0.155. The van der Waals surface area contributed by atoms with Gasteiger partial charge in [0.1, 0.15) is 0 Å². The van der Waals surface area contributed by atoms with Crippen LogP contribution in [-0.4, -0.2) is 12.0 Å². The van der Waals surface area contributed by atoms with E-state index in [1.54, 1.807) is 5.56 Å². The Morgan fingerprint density at radius 3 is 2.33 bits per heavy atom. The molecule has 1 heteroatoms. The van der Waals surface area contributed by atoms with Crippen LogP contribution in [0.5, 0.6) is 0 Å². The predicted octanol–water partition coefficient (Wildman–Crippen LogP) is 5.28. The molecule has 0 N–H and O–H groups in total. The molecule has 1 aromatic rings. The normalized spacial score (nSPS) is 21.7. The summed E-state index contributed by atoms with van der Waals surface area (Å²) in [6.07, 6.45) is 9.15. The van der Waals surface area contributed by atoms with E-state index in [1.807, 2.05) is 11.8 Å². The number of rotatable bonds is 5. The van der Waals surface area contributed by atoms with Crippen molar-refractivity contribution in [3.05, 3.63) is 35.9 Å². The highest BCUT2D eigenvalue weighted by atomic mass is 32.2. The third-order valence-electron chi connectivity index (χ3n) is 5.26. The lowest BCUT2D eigenvalue weighted by Crippen LogP contribution is -2.40. The van der Waals surface area contributed by atoms with Crippen LogP contribution >= 0.6 is 11.8 Å². The van der Waals surface area contributed by atoms with Crippen LogP contribution in [-0.2, 0) is 5.41 Å². The summed E-state index contributed by atoms with van der Waals surface area (Å²) in [5, 5.41) is 0. The Balaban J connectivity index is 2.34. The van der Waals surface area contributed by atoms with Crippen LogP contribution < -0.4 is 0 Å². The van der Waals surface area contributed by atoms with Gasteiger partial charge >= 0.3 is 0 Å². The topological polar surface area (TPSA) is 0 Å². The largest absolute Gasteiger partial charge is 0.165 e. The van der Waals surface area contributed by atoms with E-state index in [4.69, 9.17) is 0 Å². The highest BCUT2D eigenvalue weighted by Gasteiger charge is 2.46. The Morgan fingerprint density at radius 2 is 1.78 bits per heavy atom. The molecular weight excluding hydrogens is 236 g/mol. The second kappa shape index (κ2) is 5.69. The Hall–Kier alpha value is -0.430. The highest BCUT2D eigenvalue weighted by molar-refractivity contribution is 7.98. The average Bonchev–Trinajstić information content (AvgIpc) is 2.85. The first kappa shape index (κ1) is 14.0. The molecule has 0 nitrogen and oxygen atoms in total. The van der Waals surface area contributed by atoms with Gasteiger partial charge in [0, 0.05) is 0 Å². The summed E-state index contributed by atoms with van der Waals surface area (Å²) in [5.41, 5.74) is 2.38. The first-order valence-electron chi connectivity index (χ1n) is 7.17. The molecule has 18 heavy (non-hydrogen) atoms. The standard InChI is InChI=1S/C17H26S/c1-16(11-7-8-12-16)17(2,13-14-18-3)15-9-5-4-6-10-15/h4-6,9-10H,7-8,11-14H2,1-3H3. The van der Waals surface area contributed by atoms with E-state index in [0.29, 0.717) is 10.8 Å². The maximum absolute atomic E-state index is 2.52. The van der Waals surface area contributed by atoms with Crippen LogP contribution in [0.15, 0.2) is 30.3 Å². The van der Waals surface area contributed by atoms with Crippen molar-refractivity contribution in [2.45, 2.75) is 51.4 Å². The third kappa shape index (κ3) is 2.47. The molecule has 1 aliphatic carbocycles. The van der Waals surface area contributed by atoms with Gasteiger partial charge in [0.2, 0.25) is 0 Å². The summed E-state index contributed by atoms with van der Waals surface area (Å²) < 4.78 is 0. The van der Waals surface area contributed by atoms with E-state index >= 15 is 0 Å². The monoisotopic (exact) mass is 262 g/mol. The first-order chi connectivity index (χ1) is 8.62. The van der Waals surface area contributed by atoms with Gasteiger partial charge < -0.3 is 0 Å². The van der Waals surface area contributed by atoms with Crippen LogP contribution in [0.4, 0.5) is 0 Å². The molecule has 1 fully saturated rings. The van der Waals surface area contributed by atoms with Crippen LogP contribution in [0, 0.1) is 5.41 Å². The van der Waals surface area contributed by atoms with Gasteiger partial charge in [-0.05, 0) is 47.7 Å². The molecule has 0 amide bonds. The minimum absolute atomic E-state index is 0.341. The summed E-state index contributed by atoms with van der Waals surface area (Å²) in [7, 11) is 0. The van der Waals surface area contributed by atoms with Crippen molar-refractivity contribution >= 4 is 11.8 Å². The smallest absolute Gasteiger partial charge is 0.00137 e. The van der Waals surface area contributed by atoms with Crippen molar-refractivity contribution in [2.75, 3.05) is 12.0 Å². The lowest BCUT2D eigenvalue weighted by Gasteiger charge is -2.45. The van der Waals surface area contributed by atoms with Gasteiger partial charge in [-0.15, -0.1) is 0 Å². The SMILES string of the molecule is CSCCC(C)(c1ccccc1)C1(C)CCCC1. The van der Waals surface area contributed by atoms with E-state index in [0.717, 1.165) is 0 Å². The molecule has 1 aromatic carbocycles. The number of thioether (sulfide) groups is 1. The number of hydrogen-bond donors (Lipinski definition) is 0. The fourth-order valence-electron chi connectivity index (χ4n) is 3.61. The minimum atomic E-state index is 0.341. The van der Waals surface area contributed by atoms with Gasteiger partial charge in [-0.25, -0.2) is 0 Å². The van der Waals surface area contributed by atoms with Crippen molar-refractivity contribution in [3.8, 4) is 0 Å². The van der Waals surface area contributed by atoms with E-state index < -0.39 is 0 Å². The van der Waals surface area contributed by atoms with E-state index in [9.17, 15) is 0 Å². The summed E-state index contributed by atoms with van der Waals surface area (Å²) >= 11 is 1.98.